The summed E-state index contributed by atoms with van der Waals surface area (Å²) < 4.78 is 12.3. The Labute approximate surface area is 168 Å². The summed E-state index contributed by atoms with van der Waals surface area (Å²) in [5.41, 5.74) is 2.21. The number of amides is 1. The summed E-state index contributed by atoms with van der Waals surface area (Å²) in [7, 11) is 3.09. The van der Waals surface area contributed by atoms with Crippen LogP contribution in [0.3, 0.4) is 0 Å². The number of rotatable bonds is 6. The molecule has 1 aromatic heterocycles. The Morgan fingerprint density at radius 2 is 1.86 bits per heavy atom. The number of hydrogen-bond donors (Lipinski definition) is 1. The van der Waals surface area contributed by atoms with E-state index < -0.39 is 0 Å². The van der Waals surface area contributed by atoms with Gasteiger partial charge in [-0.3, -0.25) is 9.48 Å². The highest BCUT2D eigenvalue weighted by atomic mass is 16.5. The molecule has 0 fully saturated rings. The van der Waals surface area contributed by atoms with Gasteiger partial charge in [-0.2, -0.15) is 5.10 Å². The summed E-state index contributed by atoms with van der Waals surface area (Å²) in [4.78, 5) is 12.7. The Bertz CT molecular complexity index is 1160. The average Bonchev–Trinajstić information content (AvgIpc) is 3.20. The van der Waals surface area contributed by atoms with E-state index in [9.17, 15) is 4.79 Å². The van der Waals surface area contributed by atoms with Gasteiger partial charge in [0.15, 0.2) is 0 Å². The van der Waals surface area contributed by atoms with Crippen LogP contribution in [0.4, 0.5) is 5.69 Å². The van der Waals surface area contributed by atoms with Gasteiger partial charge in [0.2, 0.25) is 0 Å². The highest BCUT2D eigenvalue weighted by Gasteiger charge is 2.14. The number of carbonyl (C=O) groups excluding carboxylic acids is 1. The van der Waals surface area contributed by atoms with Gasteiger partial charge in [0, 0.05) is 12.3 Å². The Morgan fingerprint density at radius 3 is 2.69 bits per heavy atom. The minimum atomic E-state index is -0.269. The third-order valence-corrected chi connectivity index (χ3v) is 4.76. The molecule has 0 radical (unpaired) electrons. The first-order valence-corrected chi connectivity index (χ1v) is 9.20. The van der Waals surface area contributed by atoms with E-state index in [4.69, 9.17) is 9.47 Å². The zero-order valence-electron chi connectivity index (χ0n) is 16.3. The normalized spacial score (nSPS) is 10.7. The quantitative estimate of drug-likeness (QED) is 0.534. The fourth-order valence-electron chi connectivity index (χ4n) is 3.30. The van der Waals surface area contributed by atoms with Crippen molar-refractivity contribution in [3.8, 4) is 11.5 Å². The standard InChI is InChI=1S/C23H21N3O3/c1-28-19-10-11-21(22(12-19)29-2)23(27)25-18-13-24-26(15-18)14-17-8-5-7-16-6-3-4-9-20(16)17/h3-13,15H,14H2,1-2H3,(H,25,27). The summed E-state index contributed by atoms with van der Waals surface area (Å²) in [5.74, 6) is 0.806. The van der Waals surface area contributed by atoms with Crippen molar-refractivity contribution in [1.29, 1.82) is 0 Å². The second kappa shape index (κ2) is 8.06. The molecule has 146 valence electrons. The fraction of sp³-hybridized carbons (Fsp3) is 0.130. The molecule has 1 N–H and O–H groups in total. The van der Waals surface area contributed by atoms with Crippen LogP contribution >= 0.6 is 0 Å². The van der Waals surface area contributed by atoms with Crippen LogP contribution in [0.25, 0.3) is 10.8 Å². The van der Waals surface area contributed by atoms with Gasteiger partial charge < -0.3 is 14.8 Å². The second-order valence-electron chi connectivity index (χ2n) is 6.59. The van der Waals surface area contributed by atoms with Gasteiger partial charge in [-0.15, -0.1) is 0 Å². The Balaban J connectivity index is 1.52. The molecule has 0 bridgehead atoms. The fourth-order valence-corrected chi connectivity index (χ4v) is 3.30. The molecule has 0 saturated carbocycles. The molecule has 4 aromatic rings. The van der Waals surface area contributed by atoms with E-state index in [0.29, 0.717) is 29.3 Å². The van der Waals surface area contributed by atoms with Crippen molar-refractivity contribution < 1.29 is 14.3 Å². The molecule has 3 aromatic carbocycles. The zero-order chi connectivity index (χ0) is 20.2. The average molecular weight is 387 g/mol. The summed E-state index contributed by atoms with van der Waals surface area (Å²) >= 11 is 0. The maximum Gasteiger partial charge on any atom is 0.259 e. The molecular weight excluding hydrogens is 366 g/mol. The predicted molar refractivity (Wildman–Crippen MR) is 113 cm³/mol. The molecule has 0 spiro atoms. The molecule has 1 heterocycles. The summed E-state index contributed by atoms with van der Waals surface area (Å²) in [6, 6.07) is 19.6. The molecule has 0 aliphatic heterocycles. The first-order valence-electron chi connectivity index (χ1n) is 9.20. The van der Waals surface area contributed by atoms with Crippen LogP contribution in [0, 0.1) is 0 Å². The number of hydrogen-bond acceptors (Lipinski definition) is 4. The second-order valence-corrected chi connectivity index (χ2v) is 6.59. The Hall–Kier alpha value is -3.80. The lowest BCUT2D eigenvalue weighted by Crippen LogP contribution is -2.13. The number of nitrogens with zero attached hydrogens (tertiary/aromatic N) is 2. The van der Waals surface area contributed by atoms with E-state index in [2.05, 4.69) is 34.7 Å². The SMILES string of the molecule is COc1ccc(C(=O)Nc2cnn(Cc3cccc4ccccc34)c2)c(OC)c1. The Kier molecular flexibility index (Phi) is 5.16. The van der Waals surface area contributed by atoms with E-state index in [1.165, 1.54) is 23.4 Å². The van der Waals surface area contributed by atoms with Crippen molar-refractivity contribution in [3.05, 3.63) is 84.2 Å². The van der Waals surface area contributed by atoms with Gasteiger partial charge in [0.25, 0.3) is 5.91 Å². The number of carbonyl (C=O) groups is 1. The molecule has 6 heteroatoms. The highest BCUT2D eigenvalue weighted by Crippen LogP contribution is 2.25. The van der Waals surface area contributed by atoms with Crippen LogP contribution in [0.5, 0.6) is 11.5 Å². The lowest BCUT2D eigenvalue weighted by atomic mass is 10.0. The molecule has 1 amide bonds. The lowest BCUT2D eigenvalue weighted by molar-refractivity contribution is 0.102. The maximum atomic E-state index is 12.7. The number of nitrogens with one attached hydrogen (secondary N) is 1. The summed E-state index contributed by atoms with van der Waals surface area (Å²) in [5, 5.41) is 9.64. The van der Waals surface area contributed by atoms with Crippen LogP contribution in [-0.4, -0.2) is 29.9 Å². The van der Waals surface area contributed by atoms with Crippen molar-refractivity contribution >= 4 is 22.4 Å². The third-order valence-electron chi connectivity index (χ3n) is 4.76. The van der Waals surface area contributed by atoms with Crippen molar-refractivity contribution in [2.45, 2.75) is 6.54 Å². The number of aromatic nitrogens is 2. The molecule has 29 heavy (non-hydrogen) atoms. The number of methoxy groups -OCH3 is 2. The van der Waals surface area contributed by atoms with Crippen LogP contribution in [0.1, 0.15) is 15.9 Å². The van der Waals surface area contributed by atoms with Gasteiger partial charge in [0.05, 0.1) is 38.2 Å². The smallest absolute Gasteiger partial charge is 0.259 e. The number of ether oxygens (including phenoxy) is 2. The van der Waals surface area contributed by atoms with Gasteiger partial charge in [-0.1, -0.05) is 42.5 Å². The summed E-state index contributed by atoms with van der Waals surface area (Å²) in [6.45, 7) is 0.614. The van der Waals surface area contributed by atoms with Gasteiger partial charge in [-0.25, -0.2) is 0 Å². The van der Waals surface area contributed by atoms with E-state index in [0.717, 1.165) is 0 Å². The van der Waals surface area contributed by atoms with E-state index in [1.54, 1.807) is 31.5 Å². The minimum Gasteiger partial charge on any atom is -0.497 e. The zero-order valence-corrected chi connectivity index (χ0v) is 16.3. The minimum absolute atomic E-state index is 0.269. The van der Waals surface area contributed by atoms with Crippen molar-refractivity contribution in [2.75, 3.05) is 19.5 Å². The van der Waals surface area contributed by atoms with E-state index in [1.807, 2.05) is 29.1 Å². The van der Waals surface area contributed by atoms with Crippen molar-refractivity contribution in [2.24, 2.45) is 0 Å². The van der Waals surface area contributed by atoms with Crippen LogP contribution in [0.2, 0.25) is 0 Å². The molecule has 0 aliphatic carbocycles. The molecule has 6 nitrogen and oxygen atoms in total. The molecule has 0 unspecified atom stereocenters. The highest BCUT2D eigenvalue weighted by molar-refractivity contribution is 6.06. The number of benzene rings is 3. The Morgan fingerprint density at radius 1 is 1.03 bits per heavy atom. The molecule has 0 aliphatic rings. The third kappa shape index (κ3) is 3.91. The first-order chi connectivity index (χ1) is 14.2. The maximum absolute atomic E-state index is 12.7. The molecule has 4 rings (SSSR count). The van der Waals surface area contributed by atoms with E-state index >= 15 is 0 Å². The molecule has 0 atom stereocenters. The van der Waals surface area contributed by atoms with Crippen molar-refractivity contribution in [3.63, 3.8) is 0 Å². The van der Waals surface area contributed by atoms with Crippen LogP contribution < -0.4 is 14.8 Å². The number of anilines is 1. The molecular formula is C23H21N3O3. The van der Waals surface area contributed by atoms with Crippen LogP contribution in [-0.2, 0) is 6.54 Å². The van der Waals surface area contributed by atoms with Gasteiger partial charge in [-0.05, 0) is 28.5 Å². The van der Waals surface area contributed by atoms with Crippen LogP contribution in [0.15, 0.2) is 73.1 Å². The monoisotopic (exact) mass is 387 g/mol. The molecule has 0 saturated heterocycles. The first kappa shape index (κ1) is 18.6. The largest absolute Gasteiger partial charge is 0.497 e. The summed E-state index contributed by atoms with van der Waals surface area (Å²) in [6.07, 6.45) is 3.45. The lowest BCUT2D eigenvalue weighted by Gasteiger charge is -2.10. The van der Waals surface area contributed by atoms with Crippen molar-refractivity contribution in [1.82, 2.24) is 9.78 Å². The predicted octanol–water partition coefficient (Wildman–Crippen LogP) is 4.35. The number of fused-ring (bicyclic) bond motifs is 1. The van der Waals surface area contributed by atoms with E-state index in [-0.39, 0.29) is 5.91 Å². The van der Waals surface area contributed by atoms with Gasteiger partial charge >= 0.3 is 0 Å². The van der Waals surface area contributed by atoms with Gasteiger partial charge in [0.1, 0.15) is 11.5 Å². The topological polar surface area (TPSA) is 65.4 Å².